The van der Waals surface area contributed by atoms with Gasteiger partial charge in [-0.2, -0.15) is 0 Å². The molecular formula is C17H18N4S. The number of hydrogen-bond acceptors (Lipinski definition) is 4. The van der Waals surface area contributed by atoms with Crippen LogP contribution in [0.2, 0.25) is 0 Å². The summed E-state index contributed by atoms with van der Waals surface area (Å²) in [6.07, 6.45) is 2.21. The quantitative estimate of drug-likeness (QED) is 0.495. The van der Waals surface area contributed by atoms with E-state index < -0.39 is 0 Å². The van der Waals surface area contributed by atoms with Gasteiger partial charge in [-0.05, 0) is 34.4 Å². The lowest BCUT2D eigenvalue weighted by atomic mass is 10.1. The van der Waals surface area contributed by atoms with Crippen molar-refractivity contribution in [3.63, 3.8) is 0 Å². The van der Waals surface area contributed by atoms with E-state index in [1.807, 2.05) is 22.9 Å². The van der Waals surface area contributed by atoms with Gasteiger partial charge in [0.1, 0.15) is 0 Å². The standard InChI is InChI=1S/C17H18N4S/c1-3-8-15(9-4-1)12-7-13-22-17-18-19-20-21(17)14-16-10-5-2-6-11-16/h1-6,8-11H,7,12-14H2. The summed E-state index contributed by atoms with van der Waals surface area (Å²) in [5.41, 5.74) is 2.59. The molecule has 1 aromatic heterocycles. The zero-order chi connectivity index (χ0) is 15.0. The van der Waals surface area contributed by atoms with Gasteiger partial charge < -0.3 is 0 Å². The second-order valence-corrected chi connectivity index (χ2v) is 6.10. The summed E-state index contributed by atoms with van der Waals surface area (Å²) in [4.78, 5) is 0. The van der Waals surface area contributed by atoms with E-state index in [9.17, 15) is 0 Å². The molecule has 0 saturated carbocycles. The Morgan fingerprint density at radius 1 is 0.864 bits per heavy atom. The lowest BCUT2D eigenvalue weighted by Gasteiger charge is -2.04. The number of hydrogen-bond donors (Lipinski definition) is 0. The maximum atomic E-state index is 4.12. The van der Waals surface area contributed by atoms with Gasteiger partial charge in [0.05, 0.1) is 6.54 Å². The number of aryl methyl sites for hydroxylation is 1. The second kappa shape index (κ2) is 7.75. The topological polar surface area (TPSA) is 43.6 Å². The Bertz CT molecular complexity index is 682. The molecule has 0 unspecified atom stereocenters. The fourth-order valence-electron chi connectivity index (χ4n) is 2.24. The maximum Gasteiger partial charge on any atom is 0.209 e. The summed E-state index contributed by atoms with van der Waals surface area (Å²) in [5.74, 6) is 1.02. The Balaban J connectivity index is 1.50. The number of nitrogens with zero attached hydrogens (tertiary/aromatic N) is 4. The Kier molecular flexibility index (Phi) is 5.21. The van der Waals surface area contributed by atoms with E-state index in [1.54, 1.807) is 11.8 Å². The van der Waals surface area contributed by atoms with Crippen LogP contribution in [0.25, 0.3) is 0 Å². The molecule has 0 N–H and O–H groups in total. The van der Waals surface area contributed by atoms with Crippen molar-refractivity contribution in [3.05, 3.63) is 71.8 Å². The van der Waals surface area contributed by atoms with Gasteiger partial charge in [0.15, 0.2) is 0 Å². The van der Waals surface area contributed by atoms with Crippen molar-refractivity contribution < 1.29 is 0 Å². The second-order valence-electron chi connectivity index (χ2n) is 5.04. The van der Waals surface area contributed by atoms with Gasteiger partial charge in [-0.25, -0.2) is 4.68 Å². The number of tetrazole rings is 1. The van der Waals surface area contributed by atoms with Crippen molar-refractivity contribution in [2.45, 2.75) is 24.5 Å². The zero-order valence-corrected chi connectivity index (χ0v) is 13.1. The van der Waals surface area contributed by atoms with Crippen LogP contribution in [0, 0.1) is 0 Å². The van der Waals surface area contributed by atoms with Crippen LogP contribution in [0.5, 0.6) is 0 Å². The fourth-order valence-corrected chi connectivity index (χ4v) is 3.06. The Morgan fingerprint density at radius 3 is 2.27 bits per heavy atom. The summed E-state index contributed by atoms with van der Waals surface area (Å²) in [6.45, 7) is 0.717. The first-order chi connectivity index (χ1) is 10.9. The van der Waals surface area contributed by atoms with Crippen LogP contribution in [0.1, 0.15) is 17.5 Å². The summed E-state index contributed by atoms with van der Waals surface area (Å²) in [6, 6.07) is 20.8. The zero-order valence-electron chi connectivity index (χ0n) is 12.3. The highest BCUT2D eigenvalue weighted by atomic mass is 32.2. The molecule has 4 nitrogen and oxygen atoms in total. The van der Waals surface area contributed by atoms with Gasteiger partial charge in [0.2, 0.25) is 5.16 Å². The van der Waals surface area contributed by atoms with Gasteiger partial charge in [-0.1, -0.05) is 72.4 Å². The third-order valence-corrected chi connectivity index (χ3v) is 4.40. The van der Waals surface area contributed by atoms with E-state index >= 15 is 0 Å². The molecule has 0 atom stereocenters. The molecule has 0 aliphatic heterocycles. The van der Waals surface area contributed by atoms with E-state index in [-0.39, 0.29) is 0 Å². The molecule has 0 fully saturated rings. The summed E-state index contributed by atoms with van der Waals surface area (Å²) in [5, 5.41) is 12.9. The molecular weight excluding hydrogens is 292 g/mol. The third-order valence-electron chi connectivity index (χ3n) is 3.36. The highest BCUT2D eigenvalue weighted by Gasteiger charge is 2.07. The van der Waals surface area contributed by atoms with E-state index in [0.29, 0.717) is 0 Å². The molecule has 0 spiro atoms. The Hall–Kier alpha value is -2.14. The molecule has 0 saturated heterocycles. The monoisotopic (exact) mass is 310 g/mol. The van der Waals surface area contributed by atoms with Gasteiger partial charge >= 0.3 is 0 Å². The van der Waals surface area contributed by atoms with Crippen LogP contribution in [0.4, 0.5) is 0 Å². The third kappa shape index (κ3) is 4.18. The molecule has 0 aliphatic carbocycles. The molecule has 0 aliphatic rings. The van der Waals surface area contributed by atoms with E-state index in [0.717, 1.165) is 30.3 Å². The number of benzene rings is 2. The normalized spacial score (nSPS) is 10.7. The molecule has 0 amide bonds. The predicted molar refractivity (Wildman–Crippen MR) is 88.8 cm³/mol. The minimum atomic E-state index is 0.717. The predicted octanol–water partition coefficient (Wildman–Crippen LogP) is 3.45. The molecule has 112 valence electrons. The van der Waals surface area contributed by atoms with Crippen molar-refractivity contribution in [1.29, 1.82) is 0 Å². The van der Waals surface area contributed by atoms with E-state index in [4.69, 9.17) is 0 Å². The molecule has 0 bridgehead atoms. The highest BCUT2D eigenvalue weighted by molar-refractivity contribution is 7.99. The Morgan fingerprint density at radius 2 is 1.55 bits per heavy atom. The average molecular weight is 310 g/mol. The molecule has 2 aromatic carbocycles. The van der Waals surface area contributed by atoms with Crippen molar-refractivity contribution in [2.75, 3.05) is 5.75 Å². The molecule has 0 radical (unpaired) electrons. The van der Waals surface area contributed by atoms with Crippen LogP contribution in [-0.2, 0) is 13.0 Å². The maximum absolute atomic E-state index is 4.12. The largest absolute Gasteiger partial charge is 0.216 e. The first-order valence-electron chi connectivity index (χ1n) is 7.38. The van der Waals surface area contributed by atoms with Crippen molar-refractivity contribution in [2.24, 2.45) is 0 Å². The van der Waals surface area contributed by atoms with Crippen LogP contribution in [0.15, 0.2) is 65.8 Å². The molecule has 22 heavy (non-hydrogen) atoms. The minimum absolute atomic E-state index is 0.717. The number of aromatic nitrogens is 4. The van der Waals surface area contributed by atoms with Crippen molar-refractivity contribution >= 4 is 11.8 Å². The van der Waals surface area contributed by atoms with Crippen molar-refractivity contribution in [1.82, 2.24) is 20.2 Å². The van der Waals surface area contributed by atoms with E-state index in [1.165, 1.54) is 11.1 Å². The fraction of sp³-hybridized carbons (Fsp3) is 0.235. The Labute approximate surface area is 134 Å². The lowest BCUT2D eigenvalue weighted by Crippen LogP contribution is -2.04. The molecule has 3 aromatic rings. The number of thioether (sulfide) groups is 1. The molecule has 3 rings (SSSR count). The number of rotatable bonds is 7. The first kappa shape index (κ1) is 14.8. The minimum Gasteiger partial charge on any atom is -0.216 e. The van der Waals surface area contributed by atoms with Gasteiger partial charge in [-0.3, -0.25) is 0 Å². The van der Waals surface area contributed by atoms with Gasteiger partial charge in [0.25, 0.3) is 0 Å². The summed E-state index contributed by atoms with van der Waals surface area (Å²) in [7, 11) is 0. The van der Waals surface area contributed by atoms with Gasteiger partial charge in [0, 0.05) is 5.75 Å². The van der Waals surface area contributed by atoms with Crippen LogP contribution in [-0.4, -0.2) is 26.0 Å². The van der Waals surface area contributed by atoms with Crippen molar-refractivity contribution in [3.8, 4) is 0 Å². The summed E-state index contributed by atoms with van der Waals surface area (Å²) < 4.78 is 1.86. The molecule has 1 heterocycles. The SMILES string of the molecule is c1ccc(CCCSc2nnnn2Cc2ccccc2)cc1. The van der Waals surface area contributed by atoms with Crippen LogP contribution in [0.3, 0.4) is 0 Å². The lowest BCUT2D eigenvalue weighted by molar-refractivity contribution is 0.602. The first-order valence-corrected chi connectivity index (χ1v) is 8.37. The van der Waals surface area contributed by atoms with E-state index in [2.05, 4.69) is 58.0 Å². The summed E-state index contributed by atoms with van der Waals surface area (Å²) >= 11 is 1.72. The van der Waals surface area contributed by atoms with Gasteiger partial charge in [-0.15, -0.1) is 5.10 Å². The van der Waals surface area contributed by atoms with Crippen LogP contribution < -0.4 is 0 Å². The molecule has 5 heteroatoms. The smallest absolute Gasteiger partial charge is 0.209 e. The average Bonchev–Trinajstić information content (AvgIpc) is 3.01. The van der Waals surface area contributed by atoms with Crippen LogP contribution >= 0.6 is 11.8 Å². The highest BCUT2D eigenvalue weighted by Crippen LogP contribution is 2.17.